The summed E-state index contributed by atoms with van der Waals surface area (Å²) in [6.45, 7) is 2.15. The lowest BCUT2D eigenvalue weighted by molar-refractivity contribution is 0.415. The summed E-state index contributed by atoms with van der Waals surface area (Å²) in [4.78, 5) is 0. The first-order valence-corrected chi connectivity index (χ1v) is 19.4. The van der Waals surface area contributed by atoms with Crippen LogP contribution in [0.15, 0.2) is 0 Å². The number of halogens is 10. The number of benzene rings is 2. The monoisotopic (exact) mass is 1500 g/mol. The molecule has 0 atom stereocenters. The van der Waals surface area contributed by atoms with Crippen LogP contribution in [0.25, 0.3) is 0 Å². The summed E-state index contributed by atoms with van der Waals surface area (Å²) < 4.78 is 25.4. The summed E-state index contributed by atoms with van der Waals surface area (Å²) in [5, 5.41) is 0.899. The molecule has 0 radical (unpaired) electrons. The van der Waals surface area contributed by atoms with Gasteiger partial charge in [0.05, 0.1) is 14.3 Å². The molecule has 0 aliphatic rings. The molecule has 0 saturated heterocycles. The van der Waals surface area contributed by atoms with Crippen molar-refractivity contribution in [2.75, 3.05) is 0 Å². The summed E-state index contributed by atoms with van der Waals surface area (Å²) in [6, 6.07) is 0. The maximum atomic E-state index is 6.54. The highest BCUT2D eigenvalue weighted by Gasteiger charge is 2.35. The fourth-order valence-electron chi connectivity index (χ4n) is 1.83. The molecule has 0 saturated carbocycles. The molecule has 0 amide bonds. The van der Waals surface area contributed by atoms with Crippen LogP contribution in [0.3, 0.4) is 0 Å². The van der Waals surface area contributed by atoms with Crippen molar-refractivity contribution in [2.24, 2.45) is 0 Å². The van der Waals surface area contributed by atoms with E-state index in [1.54, 1.807) is 0 Å². The third kappa shape index (κ3) is 6.97. The van der Waals surface area contributed by atoms with Crippen LogP contribution in [-0.2, 0) is 0 Å². The fourth-order valence-corrected chi connectivity index (χ4v) is 14.1. The molecule has 0 unspecified atom stereocenters. The van der Waals surface area contributed by atoms with E-state index in [-0.39, 0.29) is 0 Å². The fraction of sp³-hybridized carbons (Fsp3) is 0.143. The van der Waals surface area contributed by atoms with Gasteiger partial charge in [0.2, 0.25) is 0 Å². The van der Waals surface area contributed by atoms with Gasteiger partial charge in [0.15, 0.2) is 0 Å². The average Bonchev–Trinajstić information content (AvgIpc) is 2.66. The molecule has 27 heavy (non-hydrogen) atoms. The molecule has 0 heterocycles. The van der Waals surface area contributed by atoms with Gasteiger partial charge < -0.3 is 7.58 Å². The summed E-state index contributed by atoms with van der Waals surface area (Å²) >= 11 is 22.1. The molecule has 0 fully saturated rings. The molecule has 0 bridgehead atoms. The summed E-state index contributed by atoms with van der Waals surface area (Å²) in [7, 11) is 0. The minimum Gasteiger partial charge on any atom is -0.610 e. The Balaban J connectivity index is 2.45. The van der Waals surface area contributed by atoms with E-state index in [1.165, 1.54) is 35.7 Å². The van der Waals surface area contributed by atoms with Crippen LogP contribution in [0.2, 0.25) is 5.28 Å². The average molecular weight is 1500 g/mol. The minimum absolute atomic E-state index is 0.899. The van der Waals surface area contributed by atoms with Gasteiger partial charge in [-0.1, -0.05) is 6.92 Å². The van der Waals surface area contributed by atoms with Crippen LogP contribution >= 0.6 is 226 Å². The normalized spacial score (nSPS) is 10.9. The van der Waals surface area contributed by atoms with Crippen molar-refractivity contribution in [3.8, 4) is 11.5 Å². The molecular weight excluding hydrogens is 1500 g/mol. The van der Waals surface area contributed by atoms with Gasteiger partial charge in [-0.2, -0.15) is 0 Å². The summed E-state index contributed by atoms with van der Waals surface area (Å²) in [6.07, 6.45) is 0. The molecule has 13 heteroatoms. The first kappa shape index (κ1) is 29.1. The van der Waals surface area contributed by atoms with Crippen LogP contribution in [0.5, 0.6) is 11.5 Å². The Hall–Kier alpha value is 5.87. The topological polar surface area (TPSA) is 18.5 Å². The van der Waals surface area contributed by atoms with Crippen molar-refractivity contribution in [2.45, 2.75) is 12.2 Å². The predicted molar refractivity (Wildman–Crippen MR) is 198 cm³/mol. The van der Waals surface area contributed by atoms with E-state index in [1.807, 2.05) is 0 Å². The zero-order valence-electron chi connectivity index (χ0n) is 12.9. The maximum Gasteiger partial charge on any atom is 0.856 e. The van der Waals surface area contributed by atoms with Crippen LogP contribution in [-0.4, -0.2) is 14.8 Å². The van der Waals surface area contributed by atoms with Crippen LogP contribution in [0.4, 0.5) is 0 Å². The lowest BCUT2D eigenvalue weighted by Crippen LogP contribution is -2.31. The van der Waals surface area contributed by atoms with Gasteiger partial charge in [-0.3, -0.25) is 0 Å². The maximum absolute atomic E-state index is 6.54. The van der Waals surface area contributed by atoms with E-state index in [0.717, 1.165) is 16.8 Å². The van der Waals surface area contributed by atoms with E-state index in [0.29, 0.717) is 0 Å². The van der Waals surface area contributed by atoms with Gasteiger partial charge >= 0.3 is 14.8 Å². The zero-order chi connectivity index (χ0) is 20.6. The van der Waals surface area contributed by atoms with E-state index in [4.69, 9.17) is 7.58 Å². The lowest BCUT2D eigenvalue weighted by atomic mass is 10.3. The van der Waals surface area contributed by atoms with E-state index in [9.17, 15) is 0 Å². The summed E-state index contributed by atoms with van der Waals surface area (Å²) in [5.74, 6) is 1.95. The van der Waals surface area contributed by atoms with Crippen molar-refractivity contribution in [1.82, 2.24) is 0 Å². The third-order valence-corrected chi connectivity index (χ3v) is 23.7. The molecule has 2 rings (SSSR count). The van der Waals surface area contributed by atoms with Crippen LogP contribution in [0.1, 0.15) is 6.92 Å². The Morgan fingerprint density at radius 3 is 0.926 bits per heavy atom. The molecule has 0 aromatic heterocycles. The molecule has 2 aromatic carbocycles. The molecule has 0 spiro atoms. The Morgan fingerprint density at radius 1 is 0.481 bits per heavy atom. The Kier molecular flexibility index (Phi) is 14.3. The Labute approximate surface area is 299 Å². The number of hydrogen-bond donors (Lipinski definition) is 0. The first-order chi connectivity index (χ1) is 12.5. The highest BCUT2D eigenvalue weighted by Crippen LogP contribution is 2.41. The molecule has 2 aromatic rings. The Morgan fingerprint density at radius 2 is 0.704 bits per heavy atom. The van der Waals surface area contributed by atoms with Gasteiger partial charge in [-0.05, 0) is 231 Å². The second kappa shape index (κ2) is 13.3. The van der Waals surface area contributed by atoms with Gasteiger partial charge in [0.25, 0.3) is 0 Å². The smallest absolute Gasteiger partial charge is 0.610 e. The molecule has 2 nitrogen and oxygen atoms in total. The van der Waals surface area contributed by atoms with Crippen molar-refractivity contribution in [1.29, 1.82) is 0 Å². The second-order valence-corrected chi connectivity index (χ2v) is 17.8. The second-order valence-electron chi connectivity index (χ2n) is 4.87. The van der Waals surface area contributed by atoms with Crippen molar-refractivity contribution >= 4 is 241 Å². The van der Waals surface area contributed by atoms with Gasteiger partial charge in [-0.25, -0.2) is 0 Å². The molecule has 0 aliphatic carbocycles. The molecule has 0 N–H and O–H groups in total. The van der Waals surface area contributed by atoms with Gasteiger partial charge in [0.1, 0.15) is 11.5 Å². The lowest BCUT2D eigenvalue weighted by Gasteiger charge is -2.22. The van der Waals surface area contributed by atoms with E-state index < -0.39 is 14.8 Å². The van der Waals surface area contributed by atoms with Gasteiger partial charge in [0, 0.05) is 21.4 Å². The van der Waals surface area contributed by atoms with Gasteiger partial charge in [-0.15, -0.1) is 0 Å². The highest BCUT2D eigenvalue weighted by atomic mass is 127. The zero-order valence-corrected chi connectivity index (χ0v) is 35.6. The third-order valence-electron chi connectivity index (χ3n) is 3.17. The van der Waals surface area contributed by atoms with Crippen LogP contribution < -0.4 is 7.58 Å². The van der Waals surface area contributed by atoms with Crippen molar-refractivity contribution in [3.63, 3.8) is 0 Å². The first-order valence-electron chi connectivity index (χ1n) is 6.88. The predicted octanol–water partition coefficient (Wildman–Crippen LogP) is 9.70. The standard InChI is InChI=1S/2C6HI5O.C2H5.Al/c2*7-1-2(8)4(10)6(12)5(11)3(1)9;1-2;/h2*12H;1H2,2H3;/q;;;+2/p-2. The molecule has 146 valence electrons. The number of rotatable bonds is 5. The SMILES string of the molecule is C[CH2][Al]([O]c1c(I)c(I)c(I)c(I)c1I)[O]c1c(I)c(I)c(I)c(I)c1I. The van der Waals surface area contributed by atoms with E-state index >= 15 is 0 Å². The van der Waals surface area contributed by atoms with Crippen molar-refractivity contribution in [3.05, 3.63) is 35.7 Å². The quantitative estimate of drug-likeness (QED) is 0.129. The number of hydrogen-bond acceptors (Lipinski definition) is 2. The van der Waals surface area contributed by atoms with Crippen molar-refractivity contribution < 1.29 is 7.58 Å². The summed E-state index contributed by atoms with van der Waals surface area (Å²) in [5.41, 5.74) is 0. The van der Waals surface area contributed by atoms with Crippen LogP contribution in [0, 0.1) is 35.7 Å². The molecule has 0 aliphatic heterocycles. The van der Waals surface area contributed by atoms with E-state index in [2.05, 4.69) is 233 Å². The Bertz CT molecular complexity index is 775. The highest BCUT2D eigenvalue weighted by molar-refractivity contribution is 14.1. The largest absolute Gasteiger partial charge is 0.856 e. The minimum atomic E-state index is -1.93. The molecular formula is C14H5AlI10O2.